The van der Waals surface area contributed by atoms with Crippen molar-refractivity contribution in [2.24, 2.45) is 17.4 Å². The van der Waals surface area contributed by atoms with Gasteiger partial charge >= 0.3 is 0 Å². The molecule has 1 fully saturated rings. The van der Waals surface area contributed by atoms with Crippen molar-refractivity contribution < 1.29 is 9.59 Å². The second-order valence-corrected chi connectivity index (χ2v) is 6.30. The Morgan fingerprint density at radius 3 is 2.75 bits per heavy atom. The lowest BCUT2D eigenvalue weighted by Gasteiger charge is -2.31. The molecule has 6 nitrogen and oxygen atoms in total. The molecule has 0 radical (unpaired) electrons. The molecule has 5 N–H and O–H groups in total. The van der Waals surface area contributed by atoms with Crippen LogP contribution < -0.4 is 16.8 Å². The highest BCUT2D eigenvalue weighted by Gasteiger charge is 2.23. The minimum atomic E-state index is -0.503. The Hall–Kier alpha value is -1.63. The number of halogens is 1. The second kappa shape index (κ2) is 9.61. The lowest BCUT2D eigenvalue weighted by molar-refractivity contribution is -0.123. The number of primary amides is 1. The van der Waals surface area contributed by atoms with Crippen LogP contribution in [0.5, 0.6) is 0 Å². The van der Waals surface area contributed by atoms with Gasteiger partial charge in [-0.25, -0.2) is 0 Å². The monoisotopic (exact) mass is 354 g/mol. The highest BCUT2D eigenvalue weighted by Crippen LogP contribution is 2.18. The van der Waals surface area contributed by atoms with Crippen LogP contribution in [-0.4, -0.2) is 35.8 Å². The highest BCUT2D eigenvalue weighted by atomic mass is 35.5. The molecule has 134 valence electrons. The Morgan fingerprint density at radius 2 is 2.08 bits per heavy atom. The van der Waals surface area contributed by atoms with E-state index < -0.39 is 6.04 Å². The van der Waals surface area contributed by atoms with Gasteiger partial charge in [0, 0.05) is 19.6 Å². The molecule has 1 aromatic rings. The first-order valence-corrected chi connectivity index (χ1v) is 8.08. The third-order valence-corrected chi connectivity index (χ3v) is 4.19. The average Bonchev–Trinajstić information content (AvgIpc) is 2.53. The standard InChI is InChI=1S/C17H26N4O2.ClH/c1-12(18)17(23)20-9-13-4-2-5-14(8-13)10-21-7-3-6-15(11-21)16(19)22;/h2,4-5,8,12,15H,3,6-7,9-11,18H2,1H3,(H2,19,22)(H,20,23);1H. The first kappa shape index (κ1) is 20.4. The molecule has 0 aromatic heterocycles. The number of carbonyl (C=O) groups excluding carboxylic acids is 2. The Labute approximate surface area is 149 Å². The zero-order valence-corrected chi connectivity index (χ0v) is 14.8. The molecule has 2 amide bonds. The fourth-order valence-corrected chi connectivity index (χ4v) is 2.88. The third-order valence-electron chi connectivity index (χ3n) is 4.19. The van der Waals surface area contributed by atoms with E-state index in [4.69, 9.17) is 11.5 Å². The molecular weight excluding hydrogens is 328 g/mol. The summed E-state index contributed by atoms with van der Waals surface area (Å²) in [7, 11) is 0. The van der Waals surface area contributed by atoms with Gasteiger partial charge in [0.2, 0.25) is 11.8 Å². The van der Waals surface area contributed by atoms with Crippen molar-refractivity contribution in [1.29, 1.82) is 0 Å². The summed E-state index contributed by atoms with van der Waals surface area (Å²) in [5.74, 6) is -0.407. The van der Waals surface area contributed by atoms with Crippen LogP contribution in [0.1, 0.15) is 30.9 Å². The van der Waals surface area contributed by atoms with Crippen molar-refractivity contribution in [2.45, 2.75) is 38.9 Å². The number of nitrogens with zero attached hydrogens (tertiary/aromatic N) is 1. The zero-order chi connectivity index (χ0) is 16.8. The number of nitrogens with two attached hydrogens (primary N) is 2. The summed E-state index contributed by atoms with van der Waals surface area (Å²) < 4.78 is 0. The lowest BCUT2D eigenvalue weighted by atomic mass is 9.97. The van der Waals surface area contributed by atoms with E-state index in [0.29, 0.717) is 6.54 Å². The predicted octanol–water partition coefficient (Wildman–Crippen LogP) is 0.769. The van der Waals surface area contributed by atoms with Gasteiger partial charge in [-0.1, -0.05) is 24.3 Å². The normalized spacial score (nSPS) is 19.2. The van der Waals surface area contributed by atoms with Gasteiger partial charge in [-0.3, -0.25) is 14.5 Å². The number of amides is 2. The van der Waals surface area contributed by atoms with E-state index in [2.05, 4.69) is 22.3 Å². The number of benzene rings is 1. The summed E-state index contributed by atoms with van der Waals surface area (Å²) in [5.41, 5.74) is 13.2. The van der Waals surface area contributed by atoms with Gasteiger partial charge in [-0.2, -0.15) is 0 Å². The van der Waals surface area contributed by atoms with Gasteiger partial charge in [-0.05, 0) is 37.4 Å². The Kier molecular flexibility index (Phi) is 8.18. The lowest BCUT2D eigenvalue weighted by Crippen LogP contribution is -2.40. The fraction of sp³-hybridized carbons (Fsp3) is 0.529. The summed E-state index contributed by atoms with van der Waals surface area (Å²) in [4.78, 5) is 25.1. The second-order valence-electron chi connectivity index (χ2n) is 6.30. The number of nitrogens with one attached hydrogen (secondary N) is 1. The minimum absolute atomic E-state index is 0. The maximum absolute atomic E-state index is 11.5. The molecule has 1 heterocycles. The number of hydrogen-bond acceptors (Lipinski definition) is 4. The van der Waals surface area contributed by atoms with Crippen LogP contribution in [0.4, 0.5) is 0 Å². The summed E-state index contributed by atoms with van der Waals surface area (Å²) in [6.45, 7) is 4.63. The maximum atomic E-state index is 11.5. The van der Waals surface area contributed by atoms with Gasteiger partial charge in [0.15, 0.2) is 0 Å². The van der Waals surface area contributed by atoms with Gasteiger partial charge < -0.3 is 16.8 Å². The molecule has 0 bridgehead atoms. The van der Waals surface area contributed by atoms with Gasteiger partial charge in [-0.15, -0.1) is 12.4 Å². The first-order chi connectivity index (χ1) is 11.0. The van der Waals surface area contributed by atoms with Crippen LogP contribution in [0.25, 0.3) is 0 Å². The number of likely N-dealkylation sites (tertiary alicyclic amines) is 1. The summed E-state index contributed by atoms with van der Waals surface area (Å²) >= 11 is 0. The zero-order valence-electron chi connectivity index (χ0n) is 14.0. The van der Waals surface area contributed by atoms with Crippen LogP contribution >= 0.6 is 12.4 Å². The quantitative estimate of drug-likeness (QED) is 0.702. The number of hydrogen-bond donors (Lipinski definition) is 3. The van der Waals surface area contributed by atoms with Crippen LogP contribution in [-0.2, 0) is 22.7 Å². The van der Waals surface area contributed by atoms with E-state index in [0.717, 1.165) is 38.0 Å². The molecule has 2 rings (SSSR count). The van der Waals surface area contributed by atoms with Gasteiger partial charge in [0.1, 0.15) is 0 Å². The average molecular weight is 355 g/mol. The minimum Gasteiger partial charge on any atom is -0.369 e. The third kappa shape index (κ3) is 6.11. The maximum Gasteiger partial charge on any atom is 0.236 e. The number of rotatable bonds is 6. The van der Waals surface area contributed by atoms with E-state index in [1.54, 1.807) is 6.92 Å². The SMILES string of the molecule is CC(N)C(=O)NCc1cccc(CN2CCCC(C(N)=O)C2)c1.Cl. The van der Waals surface area contributed by atoms with Crippen LogP contribution in [0.3, 0.4) is 0 Å². The molecule has 24 heavy (non-hydrogen) atoms. The van der Waals surface area contributed by atoms with Crippen molar-refractivity contribution in [3.05, 3.63) is 35.4 Å². The highest BCUT2D eigenvalue weighted by molar-refractivity contribution is 5.85. The molecule has 2 atom stereocenters. The van der Waals surface area contributed by atoms with Crippen molar-refractivity contribution in [3.8, 4) is 0 Å². The van der Waals surface area contributed by atoms with Gasteiger partial charge in [0.25, 0.3) is 0 Å². The topological polar surface area (TPSA) is 101 Å². The van der Waals surface area contributed by atoms with Crippen molar-refractivity contribution in [1.82, 2.24) is 10.2 Å². The Morgan fingerprint density at radius 1 is 1.38 bits per heavy atom. The Bertz CT molecular complexity index is 565. The van der Waals surface area contributed by atoms with Crippen LogP contribution in [0.2, 0.25) is 0 Å². The smallest absolute Gasteiger partial charge is 0.236 e. The van der Waals surface area contributed by atoms with Gasteiger partial charge in [0.05, 0.1) is 12.0 Å². The molecule has 1 aromatic carbocycles. The van der Waals surface area contributed by atoms with Crippen molar-refractivity contribution in [3.63, 3.8) is 0 Å². The molecule has 0 spiro atoms. The first-order valence-electron chi connectivity index (χ1n) is 8.08. The molecule has 2 unspecified atom stereocenters. The summed E-state index contributed by atoms with van der Waals surface area (Å²) in [5, 5.41) is 2.81. The molecule has 0 aliphatic carbocycles. The van der Waals surface area contributed by atoms with Crippen molar-refractivity contribution >= 4 is 24.2 Å². The van der Waals surface area contributed by atoms with E-state index >= 15 is 0 Å². The molecule has 1 aliphatic rings. The summed E-state index contributed by atoms with van der Waals surface area (Å²) in [6.07, 6.45) is 1.88. The van der Waals surface area contributed by atoms with Crippen LogP contribution in [0.15, 0.2) is 24.3 Å². The molecule has 7 heteroatoms. The van der Waals surface area contributed by atoms with E-state index in [9.17, 15) is 9.59 Å². The fourth-order valence-electron chi connectivity index (χ4n) is 2.88. The largest absolute Gasteiger partial charge is 0.369 e. The molecular formula is C17H27ClN4O2. The summed E-state index contributed by atoms with van der Waals surface area (Å²) in [6, 6.07) is 7.60. The predicted molar refractivity (Wildman–Crippen MR) is 96.4 cm³/mol. The van der Waals surface area contributed by atoms with E-state index in [1.165, 1.54) is 5.56 Å². The molecule has 1 aliphatic heterocycles. The molecule has 1 saturated heterocycles. The number of piperidine rings is 1. The van der Waals surface area contributed by atoms with Crippen molar-refractivity contribution in [2.75, 3.05) is 13.1 Å². The number of carbonyl (C=O) groups is 2. The Balaban J connectivity index is 0.00000288. The molecule has 0 saturated carbocycles. The van der Waals surface area contributed by atoms with E-state index in [1.807, 2.05) is 12.1 Å². The van der Waals surface area contributed by atoms with Crippen LogP contribution in [0, 0.1) is 5.92 Å². The van der Waals surface area contributed by atoms with E-state index in [-0.39, 0.29) is 30.1 Å².